The predicted octanol–water partition coefficient (Wildman–Crippen LogP) is 0.215. The van der Waals surface area contributed by atoms with Crippen LogP contribution in [0.3, 0.4) is 0 Å². The molecule has 1 aliphatic heterocycles. The van der Waals surface area contributed by atoms with E-state index in [-0.39, 0.29) is 18.4 Å². The van der Waals surface area contributed by atoms with Crippen LogP contribution in [-0.4, -0.2) is 30.3 Å². The van der Waals surface area contributed by atoms with Crippen LogP contribution in [0.1, 0.15) is 19.3 Å². The molecule has 70 valence electrons. The summed E-state index contributed by atoms with van der Waals surface area (Å²) < 4.78 is 5.21. The summed E-state index contributed by atoms with van der Waals surface area (Å²) in [5, 5.41) is 8.49. The number of rotatable bonds is 3. The molecule has 0 aromatic heterocycles. The zero-order chi connectivity index (χ0) is 8.97. The summed E-state index contributed by atoms with van der Waals surface area (Å²) in [6.07, 6.45) is 2.04. The molecule has 1 heterocycles. The highest BCUT2D eigenvalue weighted by atomic mass is 16.5. The topological polar surface area (TPSA) is 72.6 Å². The van der Waals surface area contributed by atoms with Gasteiger partial charge in [-0.15, -0.1) is 0 Å². The monoisotopic (exact) mass is 173 g/mol. The number of ether oxygens (including phenoxy) is 1. The van der Waals surface area contributed by atoms with E-state index >= 15 is 0 Å². The summed E-state index contributed by atoms with van der Waals surface area (Å²) in [5.74, 6) is -0.595. The number of hydrogen-bond donors (Lipinski definition) is 2. The predicted molar refractivity (Wildman–Crippen MR) is 43.8 cm³/mol. The molecule has 0 amide bonds. The molecule has 1 saturated heterocycles. The van der Waals surface area contributed by atoms with Gasteiger partial charge >= 0.3 is 5.97 Å². The quantitative estimate of drug-likeness (QED) is 0.640. The molecule has 1 rings (SSSR count). The Kier molecular flexibility index (Phi) is 3.49. The summed E-state index contributed by atoms with van der Waals surface area (Å²) >= 11 is 0. The second-order valence-corrected chi connectivity index (χ2v) is 3.24. The van der Waals surface area contributed by atoms with Crippen LogP contribution < -0.4 is 5.73 Å². The molecule has 0 aromatic rings. The van der Waals surface area contributed by atoms with Gasteiger partial charge < -0.3 is 15.6 Å². The first-order valence-corrected chi connectivity index (χ1v) is 4.25. The maximum Gasteiger partial charge on any atom is 0.304 e. The molecule has 12 heavy (non-hydrogen) atoms. The highest BCUT2D eigenvalue weighted by molar-refractivity contribution is 5.67. The first-order chi connectivity index (χ1) is 5.70. The molecule has 2 atom stereocenters. The van der Waals surface area contributed by atoms with Crippen molar-refractivity contribution in [2.75, 3.05) is 13.2 Å². The van der Waals surface area contributed by atoms with Crippen molar-refractivity contribution in [3.63, 3.8) is 0 Å². The van der Waals surface area contributed by atoms with Gasteiger partial charge in [0, 0.05) is 12.6 Å². The van der Waals surface area contributed by atoms with E-state index in [0.29, 0.717) is 6.61 Å². The molecule has 1 aliphatic rings. The number of hydrogen-bond acceptors (Lipinski definition) is 3. The van der Waals surface area contributed by atoms with Crippen LogP contribution in [0.2, 0.25) is 0 Å². The molecule has 0 aromatic carbocycles. The van der Waals surface area contributed by atoms with Gasteiger partial charge in [0.15, 0.2) is 0 Å². The molecule has 4 heteroatoms. The normalized spacial score (nSPS) is 26.6. The molecule has 0 spiro atoms. The number of nitrogens with two attached hydrogens (primary N) is 1. The van der Waals surface area contributed by atoms with Crippen molar-refractivity contribution >= 4 is 5.97 Å². The van der Waals surface area contributed by atoms with Gasteiger partial charge in [-0.2, -0.15) is 0 Å². The van der Waals surface area contributed by atoms with E-state index in [1.54, 1.807) is 0 Å². The fourth-order valence-electron chi connectivity index (χ4n) is 1.47. The largest absolute Gasteiger partial charge is 0.481 e. The Bertz CT molecular complexity index is 154. The molecule has 3 N–H and O–H groups in total. The van der Waals surface area contributed by atoms with Gasteiger partial charge in [-0.1, -0.05) is 0 Å². The molecule has 4 nitrogen and oxygen atoms in total. The standard InChI is InChI=1S/C8H15NO3/c9-7(4-8(10)11)6-2-1-3-12-5-6/h6-7H,1-5,9H2,(H,10,11). The van der Waals surface area contributed by atoms with Gasteiger partial charge in [-0.25, -0.2) is 0 Å². The fourth-order valence-corrected chi connectivity index (χ4v) is 1.47. The summed E-state index contributed by atoms with van der Waals surface area (Å²) in [6, 6.07) is -0.247. The third-order valence-corrected chi connectivity index (χ3v) is 2.21. The first kappa shape index (κ1) is 9.48. The lowest BCUT2D eigenvalue weighted by molar-refractivity contribution is -0.137. The van der Waals surface area contributed by atoms with Crippen LogP contribution >= 0.6 is 0 Å². The molecule has 2 unspecified atom stereocenters. The molecule has 0 saturated carbocycles. The van der Waals surface area contributed by atoms with E-state index in [4.69, 9.17) is 15.6 Å². The molecular weight excluding hydrogens is 158 g/mol. The van der Waals surface area contributed by atoms with Gasteiger partial charge in [-0.3, -0.25) is 4.79 Å². The minimum absolute atomic E-state index is 0.0496. The van der Waals surface area contributed by atoms with Crippen molar-refractivity contribution in [1.82, 2.24) is 0 Å². The first-order valence-electron chi connectivity index (χ1n) is 4.25. The molecule has 1 fully saturated rings. The van der Waals surface area contributed by atoms with Gasteiger partial charge in [0.1, 0.15) is 0 Å². The number of carboxylic acids is 1. The number of aliphatic carboxylic acids is 1. The van der Waals surface area contributed by atoms with Crippen LogP contribution in [0.15, 0.2) is 0 Å². The van der Waals surface area contributed by atoms with E-state index in [1.807, 2.05) is 0 Å². The molecule has 0 aliphatic carbocycles. The van der Waals surface area contributed by atoms with Crippen LogP contribution in [-0.2, 0) is 9.53 Å². The highest BCUT2D eigenvalue weighted by Crippen LogP contribution is 2.17. The van der Waals surface area contributed by atoms with E-state index in [0.717, 1.165) is 19.4 Å². The Balaban J connectivity index is 2.29. The molecular formula is C8H15NO3. The Morgan fingerprint density at radius 1 is 1.75 bits per heavy atom. The van der Waals surface area contributed by atoms with E-state index in [9.17, 15) is 4.79 Å². The van der Waals surface area contributed by atoms with Crippen molar-refractivity contribution in [1.29, 1.82) is 0 Å². The van der Waals surface area contributed by atoms with Gasteiger partial charge in [0.2, 0.25) is 0 Å². The number of carbonyl (C=O) groups is 1. The lowest BCUT2D eigenvalue weighted by Gasteiger charge is -2.26. The van der Waals surface area contributed by atoms with Gasteiger partial charge in [0.25, 0.3) is 0 Å². The molecule has 0 bridgehead atoms. The van der Waals surface area contributed by atoms with Crippen molar-refractivity contribution in [3.05, 3.63) is 0 Å². The Morgan fingerprint density at radius 2 is 2.50 bits per heavy atom. The minimum atomic E-state index is -0.826. The second kappa shape index (κ2) is 4.42. The van der Waals surface area contributed by atoms with Gasteiger partial charge in [0.05, 0.1) is 13.0 Å². The zero-order valence-electron chi connectivity index (χ0n) is 7.03. The van der Waals surface area contributed by atoms with Crippen molar-refractivity contribution in [2.24, 2.45) is 11.7 Å². The van der Waals surface area contributed by atoms with E-state index in [2.05, 4.69) is 0 Å². The lowest BCUT2D eigenvalue weighted by atomic mass is 9.92. The third-order valence-electron chi connectivity index (χ3n) is 2.21. The maximum atomic E-state index is 10.3. The van der Waals surface area contributed by atoms with Crippen molar-refractivity contribution in [2.45, 2.75) is 25.3 Å². The molecule has 0 radical (unpaired) electrons. The fraction of sp³-hybridized carbons (Fsp3) is 0.875. The SMILES string of the molecule is NC(CC(=O)O)C1CCCOC1. The average molecular weight is 173 g/mol. The number of carboxylic acid groups (broad SMARTS) is 1. The van der Waals surface area contributed by atoms with Crippen LogP contribution in [0, 0.1) is 5.92 Å². The summed E-state index contributed by atoms with van der Waals surface area (Å²) in [7, 11) is 0. The van der Waals surface area contributed by atoms with Crippen LogP contribution in [0.25, 0.3) is 0 Å². The van der Waals surface area contributed by atoms with Crippen LogP contribution in [0.4, 0.5) is 0 Å². The Hall–Kier alpha value is -0.610. The Labute approximate surface area is 71.7 Å². The second-order valence-electron chi connectivity index (χ2n) is 3.24. The maximum absolute atomic E-state index is 10.3. The summed E-state index contributed by atoms with van der Waals surface area (Å²) in [6.45, 7) is 1.41. The average Bonchev–Trinajstić information content (AvgIpc) is 2.05. The minimum Gasteiger partial charge on any atom is -0.481 e. The van der Waals surface area contributed by atoms with Crippen molar-refractivity contribution in [3.8, 4) is 0 Å². The highest BCUT2D eigenvalue weighted by Gasteiger charge is 2.22. The van der Waals surface area contributed by atoms with E-state index in [1.165, 1.54) is 0 Å². The smallest absolute Gasteiger partial charge is 0.304 e. The third kappa shape index (κ3) is 2.79. The zero-order valence-corrected chi connectivity index (χ0v) is 7.03. The van der Waals surface area contributed by atoms with Gasteiger partial charge in [-0.05, 0) is 18.8 Å². The van der Waals surface area contributed by atoms with Crippen LogP contribution in [0.5, 0.6) is 0 Å². The Morgan fingerprint density at radius 3 is 3.00 bits per heavy atom. The summed E-state index contributed by atoms with van der Waals surface area (Å²) in [4.78, 5) is 10.3. The lowest BCUT2D eigenvalue weighted by Crippen LogP contribution is -2.37. The van der Waals surface area contributed by atoms with Crippen molar-refractivity contribution < 1.29 is 14.6 Å². The summed E-state index contributed by atoms with van der Waals surface area (Å²) in [5.41, 5.74) is 5.69. The van der Waals surface area contributed by atoms with E-state index < -0.39 is 5.97 Å².